The predicted octanol–water partition coefficient (Wildman–Crippen LogP) is 3.20. The van der Waals surface area contributed by atoms with E-state index in [9.17, 15) is 22.8 Å². The second kappa shape index (κ2) is 7.60. The van der Waals surface area contributed by atoms with Crippen LogP contribution in [-0.2, 0) is 11.3 Å². The highest BCUT2D eigenvalue weighted by atomic mass is 19.1. The zero-order chi connectivity index (χ0) is 20.4. The van der Waals surface area contributed by atoms with Crippen molar-refractivity contribution >= 4 is 17.6 Å². The van der Waals surface area contributed by atoms with Crippen molar-refractivity contribution in [2.75, 3.05) is 11.9 Å². The van der Waals surface area contributed by atoms with Crippen molar-refractivity contribution in [3.63, 3.8) is 0 Å². The monoisotopic (exact) mass is 388 g/mol. The number of hydrogen-bond acceptors (Lipinski definition) is 3. The Labute approximate surface area is 158 Å². The van der Waals surface area contributed by atoms with Crippen LogP contribution in [0.3, 0.4) is 0 Å². The predicted molar refractivity (Wildman–Crippen MR) is 93.5 cm³/mol. The minimum atomic E-state index is -0.826. The maximum Gasteiger partial charge on any atom is 0.322 e. The number of hydrogen-bond donors (Lipinski definition) is 2. The number of nitriles is 1. The quantitative estimate of drug-likeness (QED) is 0.844. The Morgan fingerprint density at radius 1 is 1.29 bits per heavy atom. The molecule has 0 saturated carbocycles. The number of rotatable bonds is 4. The molecule has 2 N–H and O–H groups in total. The molecule has 0 bridgehead atoms. The highest BCUT2D eigenvalue weighted by Gasteiger charge is 2.27. The Morgan fingerprint density at radius 2 is 2.04 bits per heavy atom. The summed E-state index contributed by atoms with van der Waals surface area (Å²) in [5.41, 5.74) is 0.427. The van der Waals surface area contributed by atoms with Crippen molar-refractivity contribution in [1.29, 1.82) is 5.26 Å². The van der Waals surface area contributed by atoms with E-state index in [1.165, 1.54) is 12.1 Å². The smallest absolute Gasteiger partial charge is 0.322 e. The lowest BCUT2D eigenvalue weighted by Crippen LogP contribution is -2.45. The van der Waals surface area contributed by atoms with Gasteiger partial charge in [0.25, 0.3) is 0 Å². The van der Waals surface area contributed by atoms with E-state index in [2.05, 4.69) is 10.6 Å². The van der Waals surface area contributed by atoms with Gasteiger partial charge in [0.1, 0.15) is 24.0 Å². The molecular weight excluding hydrogens is 373 g/mol. The van der Waals surface area contributed by atoms with Crippen LogP contribution >= 0.6 is 0 Å². The lowest BCUT2D eigenvalue weighted by molar-refractivity contribution is -0.122. The average Bonchev–Trinajstić information content (AvgIpc) is 2.62. The second-order valence-corrected chi connectivity index (χ2v) is 6.34. The number of halogens is 3. The van der Waals surface area contributed by atoms with Crippen LogP contribution in [0, 0.1) is 28.8 Å². The summed E-state index contributed by atoms with van der Waals surface area (Å²) in [5.74, 6) is -2.87. The van der Waals surface area contributed by atoms with Gasteiger partial charge in [-0.2, -0.15) is 5.26 Å². The van der Waals surface area contributed by atoms with Crippen molar-refractivity contribution in [2.24, 2.45) is 0 Å². The molecule has 1 atom stereocenters. The number of carbonyl (C=O) groups excluding carboxylic acids is 2. The molecule has 144 valence electrons. The first-order valence-corrected chi connectivity index (χ1v) is 8.31. The molecule has 28 heavy (non-hydrogen) atoms. The molecule has 2 aromatic rings. The molecule has 1 aliphatic heterocycles. The van der Waals surface area contributed by atoms with Crippen molar-refractivity contribution in [3.05, 3.63) is 64.5 Å². The van der Waals surface area contributed by atoms with Gasteiger partial charge in [-0.25, -0.2) is 18.0 Å². The van der Waals surface area contributed by atoms with Crippen molar-refractivity contribution in [1.82, 2.24) is 10.2 Å². The van der Waals surface area contributed by atoms with Gasteiger partial charge in [0.15, 0.2) is 0 Å². The highest BCUT2D eigenvalue weighted by Crippen LogP contribution is 2.27. The van der Waals surface area contributed by atoms with Gasteiger partial charge >= 0.3 is 6.03 Å². The first-order chi connectivity index (χ1) is 13.3. The number of nitrogens with one attached hydrogen (secondary N) is 2. The van der Waals surface area contributed by atoms with E-state index in [1.54, 1.807) is 6.92 Å². The SMILES string of the molecule is C[C@H](NC(=O)CN1Cc2c(F)cc(F)cc2NC1=O)c1ccc(C#N)cc1F. The summed E-state index contributed by atoms with van der Waals surface area (Å²) in [7, 11) is 0. The van der Waals surface area contributed by atoms with E-state index in [0.717, 1.165) is 17.0 Å². The maximum absolute atomic E-state index is 14.1. The summed E-state index contributed by atoms with van der Waals surface area (Å²) in [5, 5.41) is 13.7. The Morgan fingerprint density at radius 3 is 2.71 bits per heavy atom. The first kappa shape index (κ1) is 19.2. The molecular formula is C19H15F3N4O2. The number of anilines is 1. The summed E-state index contributed by atoms with van der Waals surface area (Å²) in [6.45, 7) is 0.945. The van der Waals surface area contributed by atoms with Gasteiger partial charge in [-0.05, 0) is 25.1 Å². The van der Waals surface area contributed by atoms with Crippen LogP contribution in [0.25, 0.3) is 0 Å². The number of carbonyl (C=O) groups is 2. The Balaban J connectivity index is 1.68. The third kappa shape index (κ3) is 3.91. The van der Waals surface area contributed by atoms with Crippen LogP contribution in [0.2, 0.25) is 0 Å². The summed E-state index contributed by atoms with van der Waals surface area (Å²) < 4.78 is 41.2. The molecule has 0 fully saturated rings. The van der Waals surface area contributed by atoms with E-state index in [1.807, 2.05) is 6.07 Å². The third-order valence-electron chi connectivity index (χ3n) is 4.35. The number of benzene rings is 2. The Bertz CT molecular complexity index is 1000. The Hall–Kier alpha value is -3.54. The molecule has 9 heteroatoms. The average molecular weight is 388 g/mol. The summed E-state index contributed by atoms with van der Waals surface area (Å²) in [6.07, 6.45) is 0. The molecule has 0 radical (unpaired) electrons. The fraction of sp³-hybridized carbons (Fsp3) is 0.211. The minimum Gasteiger partial charge on any atom is -0.348 e. The largest absolute Gasteiger partial charge is 0.348 e. The molecule has 3 amide bonds. The lowest BCUT2D eigenvalue weighted by Gasteiger charge is -2.29. The van der Waals surface area contributed by atoms with Crippen molar-refractivity contribution in [2.45, 2.75) is 19.5 Å². The van der Waals surface area contributed by atoms with Gasteiger partial charge in [-0.1, -0.05) is 6.07 Å². The van der Waals surface area contributed by atoms with Crippen LogP contribution in [0.5, 0.6) is 0 Å². The molecule has 0 spiro atoms. The topological polar surface area (TPSA) is 85.2 Å². The van der Waals surface area contributed by atoms with Gasteiger partial charge in [0.2, 0.25) is 5.91 Å². The van der Waals surface area contributed by atoms with Crippen LogP contribution in [0.4, 0.5) is 23.7 Å². The van der Waals surface area contributed by atoms with Crippen molar-refractivity contribution < 1.29 is 22.8 Å². The van der Waals surface area contributed by atoms with E-state index in [4.69, 9.17) is 5.26 Å². The van der Waals surface area contributed by atoms with Crippen LogP contribution in [0.1, 0.15) is 29.7 Å². The molecule has 1 heterocycles. The van der Waals surface area contributed by atoms with E-state index >= 15 is 0 Å². The Kier molecular flexibility index (Phi) is 5.22. The van der Waals surface area contributed by atoms with Crippen LogP contribution in [0.15, 0.2) is 30.3 Å². The fourth-order valence-electron chi connectivity index (χ4n) is 2.95. The summed E-state index contributed by atoms with van der Waals surface area (Å²) in [6, 6.07) is 6.02. The van der Waals surface area contributed by atoms with Crippen LogP contribution < -0.4 is 10.6 Å². The van der Waals surface area contributed by atoms with Gasteiger partial charge in [-0.3, -0.25) is 4.79 Å². The number of fused-ring (bicyclic) bond motifs is 1. The van der Waals surface area contributed by atoms with E-state index in [-0.39, 0.29) is 28.9 Å². The third-order valence-corrected chi connectivity index (χ3v) is 4.35. The maximum atomic E-state index is 14.1. The number of amides is 3. The second-order valence-electron chi connectivity index (χ2n) is 6.34. The van der Waals surface area contributed by atoms with Crippen molar-refractivity contribution in [3.8, 4) is 6.07 Å². The molecule has 0 aromatic heterocycles. The zero-order valence-electron chi connectivity index (χ0n) is 14.7. The molecule has 1 aliphatic rings. The van der Waals surface area contributed by atoms with E-state index in [0.29, 0.717) is 6.07 Å². The molecule has 3 rings (SSSR count). The standard InChI is InChI=1S/C19H15F3N4O2/c1-10(13-3-2-11(7-23)4-15(13)21)24-18(27)9-26-8-14-16(22)5-12(20)6-17(14)25-19(26)28/h2-6,10H,8-9H2,1H3,(H,24,27)(H,25,28)/t10-/m0/s1. The molecule has 0 saturated heterocycles. The molecule has 0 unspecified atom stereocenters. The zero-order valence-corrected chi connectivity index (χ0v) is 14.7. The van der Waals surface area contributed by atoms with E-state index < -0.39 is 42.0 Å². The summed E-state index contributed by atoms with van der Waals surface area (Å²) in [4.78, 5) is 25.4. The fourth-order valence-corrected chi connectivity index (χ4v) is 2.95. The van der Waals surface area contributed by atoms with Gasteiger partial charge in [-0.15, -0.1) is 0 Å². The summed E-state index contributed by atoms with van der Waals surface area (Å²) >= 11 is 0. The first-order valence-electron chi connectivity index (χ1n) is 8.31. The highest BCUT2D eigenvalue weighted by molar-refractivity contribution is 5.95. The van der Waals surface area contributed by atoms with Crippen LogP contribution in [-0.4, -0.2) is 23.4 Å². The van der Waals surface area contributed by atoms with Gasteiger partial charge < -0.3 is 15.5 Å². The number of urea groups is 1. The lowest BCUT2D eigenvalue weighted by atomic mass is 10.1. The molecule has 0 aliphatic carbocycles. The minimum absolute atomic E-state index is 0.0205. The van der Waals surface area contributed by atoms with Gasteiger partial charge in [0, 0.05) is 17.2 Å². The molecule has 2 aromatic carbocycles. The normalized spacial score (nSPS) is 14.0. The number of nitrogens with zero attached hydrogens (tertiary/aromatic N) is 2. The van der Waals surface area contributed by atoms with Gasteiger partial charge in [0.05, 0.1) is 29.9 Å². The molecule has 6 nitrogen and oxygen atoms in total.